The summed E-state index contributed by atoms with van der Waals surface area (Å²) in [4.78, 5) is 0. The van der Waals surface area contributed by atoms with Crippen molar-refractivity contribution in [3.63, 3.8) is 0 Å². The lowest BCUT2D eigenvalue weighted by Crippen LogP contribution is -2.00. The number of fused-ring (bicyclic) bond motifs is 1. The molecule has 0 bridgehead atoms. The molecule has 0 radical (unpaired) electrons. The minimum atomic E-state index is -0.990. The highest BCUT2D eigenvalue weighted by molar-refractivity contribution is 5.84. The minimum absolute atomic E-state index is 0.235. The lowest BCUT2D eigenvalue weighted by atomic mass is 10.0. The fraction of sp³-hybridized carbons (Fsp3) is 0.143. The molecule has 0 atom stereocenters. The highest BCUT2D eigenvalue weighted by Gasteiger charge is 2.11. The van der Waals surface area contributed by atoms with E-state index in [0.717, 1.165) is 12.1 Å². The lowest BCUT2D eigenvalue weighted by molar-refractivity contribution is 0.338. The van der Waals surface area contributed by atoms with Gasteiger partial charge in [-0.05, 0) is 84.1 Å². The van der Waals surface area contributed by atoms with Gasteiger partial charge in [0.15, 0.2) is 11.6 Å². The number of ether oxygens (including phenoxy) is 1. The summed E-state index contributed by atoms with van der Waals surface area (Å²) in [6.45, 7) is 2.22. The first-order valence-corrected chi connectivity index (χ1v) is 10.6. The van der Waals surface area contributed by atoms with Crippen molar-refractivity contribution in [2.45, 2.75) is 19.8 Å². The van der Waals surface area contributed by atoms with Crippen LogP contribution in [-0.4, -0.2) is 6.61 Å². The topological polar surface area (TPSA) is 9.23 Å². The van der Waals surface area contributed by atoms with Crippen molar-refractivity contribution in [3.8, 4) is 17.6 Å². The number of benzene rings is 4. The van der Waals surface area contributed by atoms with Gasteiger partial charge in [-0.25, -0.2) is 22.0 Å². The molecule has 4 rings (SSSR count). The molecule has 0 saturated heterocycles. The first-order valence-electron chi connectivity index (χ1n) is 10.6. The average Bonchev–Trinajstić information content (AvgIpc) is 2.79. The number of hydrogen-bond donors (Lipinski definition) is 0. The van der Waals surface area contributed by atoms with E-state index in [1.54, 1.807) is 31.2 Å². The van der Waals surface area contributed by atoms with E-state index in [2.05, 4.69) is 11.8 Å². The monoisotopic (exact) mass is 466 g/mol. The predicted molar refractivity (Wildman–Crippen MR) is 121 cm³/mol. The van der Waals surface area contributed by atoms with Gasteiger partial charge in [0, 0.05) is 11.6 Å². The van der Waals surface area contributed by atoms with Gasteiger partial charge in [-0.2, -0.15) is 0 Å². The van der Waals surface area contributed by atoms with Gasteiger partial charge in [0.25, 0.3) is 0 Å². The van der Waals surface area contributed by atoms with Gasteiger partial charge >= 0.3 is 0 Å². The van der Waals surface area contributed by atoms with E-state index in [1.807, 2.05) is 0 Å². The summed E-state index contributed by atoms with van der Waals surface area (Å²) in [5.41, 5.74) is 0.784. The molecule has 0 aliphatic carbocycles. The Labute approximate surface area is 193 Å². The van der Waals surface area contributed by atoms with Crippen LogP contribution in [0.4, 0.5) is 22.0 Å². The third-order valence-corrected chi connectivity index (χ3v) is 5.33. The standard InChI is InChI=1S/C28H19F5O/c1-2-34-22-9-8-19(24(29)16-22)6-4-18-12-25(30)23(26(31)13-18)10-5-17-3-7-20-14-27(32)28(33)15-21(20)11-17/h3,7-9,11-16H,2,4,6H2,1H3. The molecule has 0 spiro atoms. The quantitative estimate of drug-likeness (QED) is 0.225. The molecule has 0 fully saturated rings. The van der Waals surface area contributed by atoms with Crippen molar-refractivity contribution in [2.75, 3.05) is 6.61 Å². The predicted octanol–water partition coefficient (Wildman–Crippen LogP) is 7.12. The minimum Gasteiger partial charge on any atom is -0.494 e. The largest absolute Gasteiger partial charge is 0.494 e. The van der Waals surface area contributed by atoms with Crippen LogP contribution in [-0.2, 0) is 12.8 Å². The van der Waals surface area contributed by atoms with Gasteiger partial charge in [0.2, 0.25) is 0 Å². The van der Waals surface area contributed by atoms with Gasteiger partial charge in [0.05, 0.1) is 12.2 Å². The van der Waals surface area contributed by atoms with Crippen LogP contribution in [0.3, 0.4) is 0 Å². The molecule has 0 aliphatic heterocycles. The van der Waals surface area contributed by atoms with E-state index in [9.17, 15) is 22.0 Å². The van der Waals surface area contributed by atoms with E-state index in [-0.39, 0.29) is 12.8 Å². The summed E-state index contributed by atoms with van der Waals surface area (Å²) in [7, 11) is 0. The average molecular weight is 466 g/mol. The van der Waals surface area contributed by atoms with Crippen LogP contribution in [0.25, 0.3) is 10.8 Å². The first-order chi connectivity index (χ1) is 16.3. The van der Waals surface area contributed by atoms with E-state index in [1.165, 1.54) is 24.3 Å². The molecule has 4 aromatic rings. The zero-order valence-electron chi connectivity index (χ0n) is 18.2. The van der Waals surface area contributed by atoms with Crippen molar-refractivity contribution in [3.05, 3.63) is 112 Å². The van der Waals surface area contributed by atoms with Crippen LogP contribution >= 0.6 is 0 Å². The maximum atomic E-state index is 14.6. The molecule has 0 aliphatic rings. The van der Waals surface area contributed by atoms with Gasteiger partial charge < -0.3 is 4.74 Å². The fourth-order valence-corrected chi connectivity index (χ4v) is 3.61. The Morgan fingerprint density at radius 1 is 0.647 bits per heavy atom. The second-order valence-electron chi connectivity index (χ2n) is 7.70. The fourth-order valence-electron chi connectivity index (χ4n) is 3.61. The van der Waals surface area contributed by atoms with Crippen molar-refractivity contribution < 1.29 is 26.7 Å². The second-order valence-corrected chi connectivity index (χ2v) is 7.70. The van der Waals surface area contributed by atoms with E-state index in [4.69, 9.17) is 4.74 Å². The third-order valence-electron chi connectivity index (χ3n) is 5.33. The van der Waals surface area contributed by atoms with Gasteiger partial charge in [-0.3, -0.25) is 0 Å². The Balaban J connectivity index is 1.52. The number of aryl methyl sites for hydroxylation is 2. The highest BCUT2D eigenvalue weighted by atomic mass is 19.2. The van der Waals surface area contributed by atoms with E-state index >= 15 is 0 Å². The summed E-state index contributed by atoms with van der Waals surface area (Å²) >= 11 is 0. The molecule has 34 heavy (non-hydrogen) atoms. The van der Waals surface area contributed by atoms with E-state index in [0.29, 0.717) is 39.8 Å². The molecular weight excluding hydrogens is 447 g/mol. The molecule has 4 aromatic carbocycles. The number of rotatable bonds is 5. The van der Waals surface area contributed by atoms with Crippen LogP contribution in [0.15, 0.2) is 60.7 Å². The Morgan fingerprint density at radius 2 is 1.35 bits per heavy atom. The molecule has 6 heteroatoms. The van der Waals surface area contributed by atoms with Gasteiger partial charge in [-0.15, -0.1) is 0 Å². The summed E-state index contributed by atoms with van der Waals surface area (Å²) in [5, 5.41) is 0.902. The van der Waals surface area contributed by atoms with Crippen LogP contribution in [0.1, 0.15) is 29.2 Å². The summed E-state index contributed by atoms with van der Waals surface area (Å²) in [6, 6.07) is 13.6. The molecule has 0 saturated carbocycles. The van der Waals surface area contributed by atoms with Crippen LogP contribution in [0, 0.1) is 40.9 Å². The summed E-state index contributed by atoms with van der Waals surface area (Å²) in [5.74, 6) is 1.51. The normalized spacial score (nSPS) is 10.8. The molecule has 0 N–H and O–H groups in total. The van der Waals surface area contributed by atoms with Crippen molar-refractivity contribution in [2.24, 2.45) is 0 Å². The van der Waals surface area contributed by atoms with Crippen LogP contribution in [0.5, 0.6) is 5.75 Å². The molecule has 0 amide bonds. The second kappa shape index (κ2) is 9.96. The molecule has 0 unspecified atom stereocenters. The third kappa shape index (κ3) is 5.20. The smallest absolute Gasteiger partial charge is 0.159 e. The number of halogens is 5. The molecule has 1 nitrogen and oxygen atoms in total. The Kier molecular flexibility index (Phi) is 6.83. The maximum Gasteiger partial charge on any atom is 0.159 e. The zero-order valence-corrected chi connectivity index (χ0v) is 18.2. The summed E-state index contributed by atoms with van der Waals surface area (Å²) in [6.07, 6.45) is 0.496. The molecular formula is C28H19F5O. The zero-order chi connectivity index (χ0) is 24.2. The van der Waals surface area contributed by atoms with Crippen molar-refractivity contribution >= 4 is 10.8 Å². The van der Waals surface area contributed by atoms with Crippen LogP contribution < -0.4 is 4.74 Å². The number of hydrogen-bond acceptors (Lipinski definition) is 1. The van der Waals surface area contributed by atoms with Crippen molar-refractivity contribution in [1.82, 2.24) is 0 Å². The Morgan fingerprint density at radius 3 is 2.03 bits per heavy atom. The first kappa shape index (κ1) is 23.3. The SMILES string of the molecule is CCOc1ccc(CCc2cc(F)c(C#Cc3ccc4cc(F)c(F)cc4c3)c(F)c2)c(F)c1. The van der Waals surface area contributed by atoms with Crippen molar-refractivity contribution in [1.29, 1.82) is 0 Å². The van der Waals surface area contributed by atoms with Gasteiger partial charge in [0.1, 0.15) is 23.2 Å². The maximum absolute atomic E-state index is 14.6. The molecule has 172 valence electrons. The lowest BCUT2D eigenvalue weighted by Gasteiger charge is -2.08. The Bertz CT molecular complexity index is 1410. The highest BCUT2D eigenvalue weighted by Crippen LogP contribution is 2.22. The summed E-state index contributed by atoms with van der Waals surface area (Å²) < 4.78 is 75.5. The van der Waals surface area contributed by atoms with E-state index < -0.39 is 34.6 Å². The molecule has 0 heterocycles. The van der Waals surface area contributed by atoms with Crippen LogP contribution in [0.2, 0.25) is 0 Å². The Hall–Kier alpha value is -3.85. The molecule has 0 aromatic heterocycles. The van der Waals surface area contributed by atoms with Gasteiger partial charge in [-0.1, -0.05) is 24.0 Å².